The molecule has 0 bridgehead atoms. The lowest BCUT2D eigenvalue weighted by molar-refractivity contribution is -0.139. The van der Waals surface area contributed by atoms with Crippen molar-refractivity contribution in [2.24, 2.45) is 0 Å². The molecule has 0 aromatic carbocycles. The number of allylic oxidation sites excluding steroid dienone is 1. The number of ether oxygens (including phenoxy) is 1. The van der Waals surface area contributed by atoms with Crippen LogP contribution in [0.5, 0.6) is 0 Å². The number of carbonyl (C=O) groups is 1. The van der Waals surface area contributed by atoms with Crippen LogP contribution in [0.3, 0.4) is 0 Å². The van der Waals surface area contributed by atoms with Crippen molar-refractivity contribution >= 4 is 17.1 Å². The first-order valence-electron chi connectivity index (χ1n) is 6.76. The Morgan fingerprint density at radius 1 is 1.17 bits per heavy atom. The number of hydrogen-bond acceptors (Lipinski definition) is 3. The summed E-state index contributed by atoms with van der Waals surface area (Å²) in [5.41, 5.74) is 0. The van der Waals surface area contributed by atoms with E-state index >= 15 is 0 Å². The molecule has 0 fully saturated rings. The Morgan fingerprint density at radius 3 is 2.39 bits per heavy atom. The van der Waals surface area contributed by atoms with E-state index in [1.54, 1.807) is 6.08 Å². The van der Waals surface area contributed by atoms with Crippen molar-refractivity contribution in [3.63, 3.8) is 0 Å². The number of unbranched alkanes of at least 4 members (excludes halogenated alkanes) is 5. The summed E-state index contributed by atoms with van der Waals surface area (Å²) in [4.78, 5) is 11.4. The molecule has 1 atom stereocenters. The van der Waals surface area contributed by atoms with E-state index in [1.165, 1.54) is 32.6 Å². The molecule has 0 radical (unpaired) electrons. The summed E-state index contributed by atoms with van der Waals surface area (Å²) >= 11 is -0.917. The molecule has 0 saturated carbocycles. The van der Waals surface area contributed by atoms with Crippen molar-refractivity contribution in [1.29, 1.82) is 0 Å². The van der Waals surface area contributed by atoms with Crippen molar-refractivity contribution in [3.05, 3.63) is 11.0 Å². The maximum atomic E-state index is 11.8. The molecule has 0 aromatic rings. The highest BCUT2D eigenvalue weighted by molar-refractivity contribution is 7.95. The van der Waals surface area contributed by atoms with Gasteiger partial charge in [-0.25, -0.2) is 0 Å². The van der Waals surface area contributed by atoms with Crippen LogP contribution in [-0.4, -0.2) is 22.9 Å². The SMILES string of the molecule is CCCCCCCC[S+]([O-])C(C)=CCOC(C)=O. The average molecular weight is 274 g/mol. The smallest absolute Gasteiger partial charge is 0.302 e. The summed E-state index contributed by atoms with van der Waals surface area (Å²) in [6.07, 6.45) is 8.96. The standard InChI is InChI=1S/C14H26O3S/c1-4-5-6-7-8-9-12-18(16)13(2)10-11-17-14(3)15/h10H,4-9,11-12H2,1-3H3. The van der Waals surface area contributed by atoms with Crippen LogP contribution in [0.15, 0.2) is 11.0 Å². The van der Waals surface area contributed by atoms with Crippen molar-refractivity contribution in [3.8, 4) is 0 Å². The van der Waals surface area contributed by atoms with Gasteiger partial charge >= 0.3 is 5.97 Å². The lowest BCUT2D eigenvalue weighted by atomic mass is 10.1. The molecule has 0 saturated heterocycles. The van der Waals surface area contributed by atoms with Crippen molar-refractivity contribution < 1.29 is 14.1 Å². The van der Waals surface area contributed by atoms with Crippen LogP contribution in [0.2, 0.25) is 0 Å². The van der Waals surface area contributed by atoms with Crippen molar-refractivity contribution in [2.45, 2.75) is 59.3 Å². The van der Waals surface area contributed by atoms with Crippen molar-refractivity contribution in [1.82, 2.24) is 0 Å². The molecule has 1 unspecified atom stereocenters. The number of carbonyl (C=O) groups excluding carboxylic acids is 1. The average Bonchev–Trinajstić information content (AvgIpc) is 2.32. The van der Waals surface area contributed by atoms with Crippen LogP contribution in [0.25, 0.3) is 0 Å². The Hall–Kier alpha value is -0.480. The fraction of sp³-hybridized carbons (Fsp3) is 0.786. The quantitative estimate of drug-likeness (QED) is 0.348. The molecule has 0 N–H and O–H groups in total. The van der Waals surface area contributed by atoms with E-state index in [2.05, 4.69) is 6.92 Å². The first-order chi connectivity index (χ1) is 8.57. The predicted octanol–water partition coefficient (Wildman–Crippen LogP) is 3.56. The number of rotatable bonds is 10. The second-order valence-corrected chi connectivity index (χ2v) is 6.18. The second-order valence-electron chi connectivity index (χ2n) is 4.43. The predicted molar refractivity (Wildman–Crippen MR) is 76.8 cm³/mol. The minimum atomic E-state index is -0.917. The molecule has 18 heavy (non-hydrogen) atoms. The molecule has 0 aromatic heterocycles. The van der Waals surface area contributed by atoms with Crippen LogP contribution in [0.4, 0.5) is 0 Å². The Bertz CT molecular complexity index is 251. The van der Waals surface area contributed by atoms with Gasteiger partial charge < -0.3 is 9.29 Å². The third-order valence-electron chi connectivity index (χ3n) is 2.70. The first kappa shape index (κ1) is 17.5. The molecule has 0 aliphatic carbocycles. The summed E-state index contributed by atoms with van der Waals surface area (Å²) in [5.74, 6) is 0.412. The molecule has 0 aliphatic heterocycles. The van der Waals surface area contributed by atoms with E-state index in [9.17, 15) is 9.35 Å². The molecule has 4 heteroatoms. The van der Waals surface area contributed by atoms with Gasteiger partial charge in [0.1, 0.15) is 17.3 Å². The van der Waals surface area contributed by atoms with Gasteiger partial charge in [-0.15, -0.1) is 0 Å². The van der Waals surface area contributed by atoms with E-state index in [1.807, 2.05) is 6.92 Å². The molecule has 0 aliphatic rings. The van der Waals surface area contributed by atoms with E-state index in [0.29, 0.717) is 5.75 Å². The monoisotopic (exact) mass is 274 g/mol. The summed E-state index contributed by atoms with van der Waals surface area (Å²) in [7, 11) is 0. The fourth-order valence-electron chi connectivity index (χ4n) is 1.54. The van der Waals surface area contributed by atoms with E-state index in [-0.39, 0.29) is 12.6 Å². The molecule has 0 heterocycles. The Labute approximate surface area is 114 Å². The van der Waals surface area contributed by atoms with Crippen molar-refractivity contribution in [2.75, 3.05) is 12.4 Å². The summed E-state index contributed by atoms with van der Waals surface area (Å²) in [5, 5.41) is 0. The van der Waals surface area contributed by atoms with E-state index in [0.717, 1.165) is 17.7 Å². The normalized spacial score (nSPS) is 13.4. The molecular formula is C14H26O3S. The van der Waals surface area contributed by atoms with Gasteiger partial charge in [-0.1, -0.05) is 32.6 Å². The Morgan fingerprint density at radius 2 is 1.78 bits per heavy atom. The van der Waals surface area contributed by atoms with Gasteiger partial charge in [0.2, 0.25) is 0 Å². The lowest BCUT2D eigenvalue weighted by Crippen LogP contribution is -2.09. The largest absolute Gasteiger partial charge is 0.612 e. The topological polar surface area (TPSA) is 49.4 Å². The number of hydrogen-bond donors (Lipinski definition) is 0. The third kappa shape index (κ3) is 10.7. The van der Waals surface area contributed by atoms with Crippen LogP contribution in [0.1, 0.15) is 59.3 Å². The highest BCUT2D eigenvalue weighted by Gasteiger charge is 2.08. The lowest BCUT2D eigenvalue weighted by Gasteiger charge is -2.10. The van der Waals surface area contributed by atoms with Gasteiger partial charge in [0.05, 0.1) is 0 Å². The fourth-order valence-corrected chi connectivity index (χ4v) is 2.59. The molecule has 3 nitrogen and oxygen atoms in total. The minimum absolute atomic E-state index is 0.226. The second kappa shape index (κ2) is 11.6. The Kier molecular flexibility index (Phi) is 11.3. The summed E-state index contributed by atoms with van der Waals surface area (Å²) in [6.45, 7) is 5.63. The maximum Gasteiger partial charge on any atom is 0.302 e. The molecule has 0 spiro atoms. The third-order valence-corrected chi connectivity index (χ3v) is 4.24. The van der Waals surface area contributed by atoms with Gasteiger partial charge in [0.15, 0.2) is 0 Å². The highest BCUT2D eigenvalue weighted by Crippen LogP contribution is 2.11. The van der Waals surface area contributed by atoms with Gasteiger partial charge in [-0.2, -0.15) is 0 Å². The highest BCUT2D eigenvalue weighted by atomic mass is 32.2. The van der Waals surface area contributed by atoms with Crippen LogP contribution < -0.4 is 0 Å². The van der Waals surface area contributed by atoms with Crippen LogP contribution >= 0.6 is 0 Å². The summed E-state index contributed by atoms with van der Waals surface area (Å²) in [6, 6.07) is 0. The maximum absolute atomic E-state index is 11.8. The zero-order chi connectivity index (χ0) is 13.8. The van der Waals surface area contributed by atoms with Gasteiger partial charge in [-0.3, -0.25) is 4.79 Å². The zero-order valence-corrected chi connectivity index (χ0v) is 12.7. The number of esters is 1. The van der Waals surface area contributed by atoms with Gasteiger partial charge in [0, 0.05) is 19.9 Å². The van der Waals surface area contributed by atoms with E-state index < -0.39 is 11.2 Å². The van der Waals surface area contributed by atoms with Crippen LogP contribution in [0, 0.1) is 0 Å². The van der Waals surface area contributed by atoms with E-state index in [4.69, 9.17) is 4.74 Å². The molecular weight excluding hydrogens is 248 g/mol. The summed E-state index contributed by atoms with van der Waals surface area (Å²) < 4.78 is 16.6. The minimum Gasteiger partial charge on any atom is -0.612 e. The molecule has 0 amide bonds. The van der Waals surface area contributed by atoms with Gasteiger partial charge in [-0.05, 0) is 24.0 Å². The Balaban J connectivity index is 3.60. The molecule has 106 valence electrons. The molecule has 0 rings (SSSR count). The first-order valence-corrected chi connectivity index (χ1v) is 8.08. The van der Waals surface area contributed by atoms with Crippen LogP contribution in [-0.2, 0) is 20.7 Å². The van der Waals surface area contributed by atoms with Gasteiger partial charge in [0.25, 0.3) is 0 Å². The zero-order valence-electron chi connectivity index (χ0n) is 11.9.